The molecule has 1 heterocycles. The molecule has 0 aromatic heterocycles. The zero-order valence-corrected chi connectivity index (χ0v) is 24.2. The molecule has 2 aromatic rings. The minimum Gasteiger partial charge on any atom is -0.457 e. The Hall–Kier alpha value is -2.88. The van der Waals surface area contributed by atoms with Gasteiger partial charge in [-0.2, -0.15) is 0 Å². The molecular formula is C31H42BN3O5. The fourth-order valence-corrected chi connectivity index (χ4v) is 6.87. The fraction of sp³-hybridized carbons (Fsp3) is 0.548. The molecule has 4 N–H and O–H groups in total. The van der Waals surface area contributed by atoms with Crippen molar-refractivity contribution in [2.24, 2.45) is 28.9 Å². The van der Waals surface area contributed by atoms with Crippen molar-refractivity contribution in [3.63, 3.8) is 0 Å². The van der Waals surface area contributed by atoms with Gasteiger partial charge in [0.2, 0.25) is 5.91 Å². The van der Waals surface area contributed by atoms with Crippen molar-refractivity contribution in [2.45, 2.75) is 77.6 Å². The Morgan fingerprint density at radius 3 is 2.33 bits per heavy atom. The molecular weight excluding hydrogens is 505 g/mol. The van der Waals surface area contributed by atoms with Gasteiger partial charge in [0.25, 0.3) is 5.91 Å². The summed E-state index contributed by atoms with van der Waals surface area (Å²) in [4.78, 5) is 26.4. The van der Waals surface area contributed by atoms with E-state index in [0.717, 1.165) is 12.8 Å². The number of amides is 2. The van der Waals surface area contributed by atoms with Gasteiger partial charge in [-0.15, -0.1) is 0 Å². The highest BCUT2D eigenvalue weighted by atomic mass is 16.7. The standard InChI is InChI=1S/C31H42BN3O5/c1-19(2)15-27(32-39-26-17-21-16-25(30(21,3)4)31(26,5)40-32)35-29(37)24(18-33)34-28(36)20-11-13-23(14-12-20)38-22-9-7-6-8-10-22/h6-14,19,21,24-27H,15-18,33H2,1-5H3,(H,34,36)(H,35,37)/t21-,24+,25-,26-,27+,31+/m1/s1. The third-order valence-corrected chi connectivity index (χ3v) is 9.30. The van der Waals surface area contributed by atoms with Gasteiger partial charge < -0.3 is 30.4 Å². The molecule has 0 unspecified atom stereocenters. The quantitative estimate of drug-likeness (QED) is 0.382. The number of carbonyl (C=O) groups is 2. The zero-order valence-electron chi connectivity index (χ0n) is 24.2. The fourth-order valence-electron chi connectivity index (χ4n) is 6.87. The second kappa shape index (κ2) is 11.2. The number of hydrogen-bond donors (Lipinski definition) is 3. The zero-order chi connectivity index (χ0) is 28.7. The van der Waals surface area contributed by atoms with Crippen LogP contribution < -0.4 is 21.1 Å². The second-order valence-corrected chi connectivity index (χ2v) is 12.8. The molecule has 3 aliphatic carbocycles. The number of benzene rings is 2. The van der Waals surface area contributed by atoms with Crippen LogP contribution in [0.5, 0.6) is 11.5 Å². The third-order valence-electron chi connectivity index (χ3n) is 9.30. The summed E-state index contributed by atoms with van der Waals surface area (Å²) >= 11 is 0. The van der Waals surface area contributed by atoms with Crippen molar-refractivity contribution in [3.05, 3.63) is 60.2 Å². The summed E-state index contributed by atoms with van der Waals surface area (Å²) in [6.07, 6.45) is 2.86. The number of nitrogens with two attached hydrogens (primary N) is 1. The van der Waals surface area contributed by atoms with Crippen molar-refractivity contribution >= 4 is 18.9 Å². The van der Waals surface area contributed by atoms with Gasteiger partial charge in [0.1, 0.15) is 17.5 Å². The van der Waals surface area contributed by atoms with Gasteiger partial charge in [-0.05, 0) is 85.8 Å². The normalized spacial score (nSPS) is 27.8. The number of ether oxygens (including phenoxy) is 1. The summed E-state index contributed by atoms with van der Waals surface area (Å²) in [6, 6.07) is 15.3. The van der Waals surface area contributed by atoms with Gasteiger partial charge in [-0.1, -0.05) is 45.9 Å². The molecule has 6 rings (SSSR count). The van der Waals surface area contributed by atoms with E-state index in [1.54, 1.807) is 24.3 Å². The van der Waals surface area contributed by atoms with Crippen molar-refractivity contribution < 1.29 is 23.6 Å². The van der Waals surface area contributed by atoms with E-state index in [1.165, 1.54) is 0 Å². The predicted molar refractivity (Wildman–Crippen MR) is 155 cm³/mol. The van der Waals surface area contributed by atoms with Crippen LogP contribution in [-0.2, 0) is 14.1 Å². The molecule has 0 radical (unpaired) electrons. The van der Waals surface area contributed by atoms with E-state index in [9.17, 15) is 9.59 Å². The first kappa shape index (κ1) is 28.6. The lowest BCUT2D eigenvalue weighted by atomic mass is 9.43. The number of nitrogens with one attached hydrogen (secondary N) is 2. The Kier molecular flexibility index (Phi) is 8.01. The summed E-state index contributed by atoms with van der Waals surface area (Å²) < 4.78 is 18.9. The molecule has 3 saturated carbocycles. The van der Waals surface area contributed by atoms with Crippen molar-refractivity contribution in [3.8, 4) is 11.5 Å². The van der Waals surface area contributed by atoms with Crippen molar-refractivity contribution in [1.29, 1.82) is 0 Å². The summed E-state index contributed by atoms with van der Waals surface area (Å²) in [5.41, 5.74) is 6.24. The molecule has 2 bridgehead atoms. The monoisotopic (exact) mass is 547 g/mol. The Morgan fingerprint density at radius 1 is 1.02 bits per heavy atom. The van der Waals surface area contributed by atoms with Crippen LogP contribution in [0.15, 0.2) is 54.6 Å². The lowest BCUT2D eigenvalue weighted by molar-refractivity contribution is -0.199. The topological polar surface area (TPSA) is 112 Å². The predicted octanol–water partition coefficient (Wildman–Crippen LogP) is 4.33. The Bertz CT molecular complexity index is 1210. The van der Waals surface area contributed by atoms with Crippen LogP contribution in [0.25, 0.3) is 0 Å². The number of para-hydroxylation sites is 1. The Balaban J connectivity index is 1.21. The molecule has 8 nitrogen and oxygen atoms in total. The van der Waals surface area contributed by atoms with E-state index >= 15 is 0 Å². The number of carbonyl (C=O) groups excluding carboxylic acids is 2. The maximum Gasteiger partial charge on any atom is 0.481 e. The van der Waals surface area contributed by atoms with Crippen molar-refractivity contribution in [1.82, 2.24) is 10.6 Å². The van der Waals surface area contributed by atoms with E-state index in [4.69, 9.17) is 19.8 Å². The molecule has 40 heavy (non-hydrogen) atoms. The van der Waals surface area contributed by atoms with Crippen LogP contribution >= 0.6 is 0 Å². The van der Waals surface area contributed by atoms with Crippen LogP contribution in [0.1, 0.15) is 64.2 Å². The molecule has 0 spiro atoms. The Labute approximate surface area is 237 Å². The van der Waals surface area contributed by atoms with Crippen LogP contribution in [0.4, 0.5) is 0 Å². The van der Waals surface area contributed by atoms with E-state index in [1.807, 2.05) is 30.3 Å². The number of hydrogen-bond acceptors (Lipinski definition) is 6. The smallest absolute Gasteiger partial charge is 0.457 e. The molecule has 1 aliphatic heterocycles. The van der Waals surface area contributed by atoms with Gasteiger partial charge >= 0.3 is 7.12 Å². The maximum atomic E-state index is 13.4. The maximum absolute atomic E-state index is 13.4. The van der Waals surface area contributed by atoms with Crippen LogP contribution in [0.2, 0.25) is 0 Å². The summed E-state index contributed by atoms with van der Waals surface area (Å²) in [5, 5.41) is 5.89. The minimum absolute atomic E-state index is 0.0275. The molecule has 214 valence electrons. The Morgan fingerprint density at radius 2 is 1.70 bits per heavy atom. The highest BCUT2D eigenvalue weighted by molar-refractivity contribution is 6.48. The lowest BCUT2D eigenvalue weighted by Crippen LogP contribution is -2.65. The highest BCUT2D eigenvalue weighted by Crippen LogP contribution is 2.65. The largest absolute Gasteiger partial charge is 0.481 e. The van der Waals surface area contributed by atoms with E-state index in [-0.39, 0.29) is 41.4 Å². The second-order valence-electron chi connectivity index (χ2n) is 12.8. The molecule has 6 atom stereocenters. The first-order valence-corrected chi connectivity index (χ1v) is 14.5. The van der Waals surface area contributed by atoms with Crippen molar-refractivity contribution in [2.75, 3.05) is 6.54 Å². The summed E-state index contributed by atoms with van der Waals surface area (Å²) in [7, 11) is -0.539. The SMILES string of the molecule is CC(C)C[C@H](NC(=O)[C@H](CN)NC(=O)c1ccc(Oc2ccccc2)cc1)B1O[C@@H]2C[C@H]3C[C@H](C3(C)C)[C@]2(C)O1. The summed E-state index contributed by atoms with van der Waals surface area (Å²) in [5.74, 6) is 1.63. The summed E-state index contributed by atoms with van der Waals surface area (Å²) in [6.45, 7) is 11.0. The van der Waals surface area contributed by atoms with Crippen LogP contribution in [0, 0.1) is 23.2 Å². The van der Waals surface area contributed by atoms with Gasteiger partial charge in [0, 0.05) is 12.1 Å². The van der Waals surface area contributed by atoms with Crippen LogP contribution in [-0.4, -0.2) is 49.2 Å². The first-order valence-electron chi connectivity index (χ1n) is 14.5. The van der Waals surface area contributed by atoms with Gasteiger partial charge in [0.15, 0.2) is 0 Å². The third kappa shape index (κ3) is 5.51. The lowest BCUT2D eigenvalue weighted by Gasteiger charge is -2.64. The van der Waals surface area contributed by atoms with Gasteiger partial charge in [-0.3, -0.25) is 9.59 Å². The average Bonchev–Trinajstić information content (AvgIpc) is 3.29. The van der Waals surface area contributed by atoms with E-state index in [0.29, 0.717) is 41.2 Å². The number of rotatable bonds is 10. The van der Waals surface area contributed by atoms with Crippen LogP contribution in [0.3, 0.4) is 0 Å². The molecule has 4 fully saturated rings. The van der Waals surface area contributed by atoms with Gasteiger partial charge in [0.05, 0.1) is 17.6 Å². The molecule has 1 saturated heterocycles. The minimum atomic E-state index is -0.895. The molecule has 2 aromatic carbocycles. The van der Waals surface area contributed by atoms with E-state index < -0.39 is 13.2 Å². The molecule has 2 amide bonds. The highest BCUT2D eigenvalue weighted by Gasteiger charge is 2.68. The van der Waals surface area contributed by atoms with Gasteiger partial charge in [-0.25, -0.2) is 0 Å². The first-order chi connectivity index (χ1) is 19.0. The molecule has 4 aliphatic rings. The van der Waals surface area contributed by atoms with E-state index in [2.05, 4.69) is 45.3 Å². The molecule has 9 heteroatoms. The average molecular weight is 548 g/mol.